The number of aromatic nitrogens is 1. The monoisotopic (exact) mass is 247 g/mol. The Kier molecular flexibility index (Phi) is 2.87. The molecule has 1 saturated heterocycles. The Morgan fingerprint density at radius 3 is 2.82 bits per heavy atom. The fourth-order valence-corrected chi connectivity index (χ4v) is 2.38. The topological polar surface area (TPSA) is 28.2 Å². The van der Waals surface area contributed by atoms with Gasteiger partial charge in [-0.05, 0) is 37.1 Å². The number of fused-ring (bicyclic) bond motifs is 1. The molecule has 17 heavy (non-hydrogen) atoms. The van der Waals surface area contributed by atoms with Gasteiger partial charge in [-0.25, -0.2) is 5.01 Å². The molecule has 0 amide bonds. The highest BCUT2D eigenvalue weighted by Crippen LogP contribution is 2.25. The van der Waals surface area contributed by atoms with Gasteiger partial charge in [-0.1, -0.05) is 11.6 Å². The first-order chi connectivity index (χ1) is 8.33. The Hall–Kier alpha value is -1.32. The molecule has 0 atom stereocenters. The van der Waals surface area contributed by atoms with E-state index in [9.17, 15) is 0 Å². The van der Waals surface area contributed by atoms with Gasteiger partial charge in [0.25, 0.3) is 0 Å². The first kappa shape index (κ1) is 10.8. The van der Waals surface area contributed by atoms with E-state index in [-0.39, 0.29) is 0 Å². The molecular formula is C13H14ClN3. The number of nitrogens with one attached hydrogen (secondary N) is 1. The zero-order valence-electron chi connectivity index (χ0n) is 9.49. The average molecular weight is 248 g/mol. The van der Waals surface area contributed by atoms with Gasteiger partial charge in [0.15, 0.2) is 0 Å². The molecule has 4 heteroatoms. The molecule has 0 unspecified atom stereocenters. The molecule has 3 rings (SSSR count). The van der Waals surface area contributed by atoms with Crippen LogP contribution in [0.3, 0.4) is 0 Å². The number of nitrogens with zero attached hydrogens (tertiary/aromatic N) is 2. The zero-order valence-corrected chi connectivity index (χ0v) is 10.2. The number of anilines is 1. The maximum Gasteiger partial charge on any atom is 0.0738 e. The summed E-state index contributed by atoms with van der Waals surface area (Å²) in [5.74, 6) is 0. The molecule has 1 N–H and O–H groups in total. The molecule has 88 valence electrons. The highest BCUT2D eigenvalue weighted by atomic mass is 35.5. The summed E-state index contributed by atoms with van der Waals surface area (Å²) >= 11 is 5.97. The number of rotatable bonds is 2. The van der Waals surface area contributed by atoms with E-state index < -0.39 is 0 Å². The van der Waals surface area contributed by atoms with E-state index in [1.165, 1.54) is 12.8 Å². The van der Waals surface area contributed by atoms with Crippen molar-refractivity contribution >= 4 is 28.2 Å². The Morgan fingerprint density at radius 1 is 1.18 bits per heavy atom. The molecule has 1 fully saturated rings. The maximum atomic E-state index is 5.97. The van der Waals surface area contributed by atoms with Crippen molar-refractivity contribution in [3.05, 3.63) is 35.5 Å². The van der Waals surface area contributed by atoms with Gasteiger partial charge in [-0.2, -0.15) is 0 Å². The summed E-state index contributed by atoms with van der Waals surface area (Å²) in [6.07, 6.45) is 4.35. The lowest BCUT2D eigenvalue weighted by molar-refractivity contribution is 0.411. The van der Waals surface area contributed by atoms with Gasteiger partial charge < -0.3 is 5.43 Å². The van der Waals surface area contributed by atoms with Crippen LogP contribution in [0, 0.1) is 0 Å². The predicted molar refractivity (Wildman–Crippen MR) is 71.2 cm³/mol. The van der Waals surface area contributed by atoms with Crippen LogP contribution in [0.2, 0.25) is 5.02 Å². The van der Waals surface area contributed by atoms with Crippen LogP contribution in [0.5, 0.6) is 0 Å². The van der Waals surface area contributed by atoms with E-state index in [0.717, 1.165) is 34.7 Å². The van der Waals surface area contributed by atoms with Crippen molar-refractivity contribution in [2.24, 2.45) is 0 Å². The van der Waals surface area contributed by atoms with E-state index >= 15 is 0 Å². The summed E-state index contributed by atoms with van der Waals surface area (Å²) in [5, 5.41) is 4.09. The number of hydrogen-bond acceptors (Lipinski definition) is 3. The summed E-state index contributed by atoms with van der Waals surface area (Å²) in [6.45, 7) is 2.22. The fraction of sp³-hybridized carbons (Fsp3) is 0.308. The molecule has 1 aliphatic rings. The van der Waals surface area contributed by atoms with E-state index in [2.05, 4.69) is 15.4 Å². The average Bonchev–Trinajstić information content (AvgIpc) is 2.82. The Bertz CT molecular complexity index is 535. The van der Waals surface area contributed by atoms with E-state index in [1.54, 1.807) is 0 Å². The van der Waals surface area contributed by atoms with Gasteiger partial charge in [0, 0.05) is 29.7 Å². The lowest BCUT2D eigenvalue weighted by Crippen LogP contribution is -2.26. The molecule has 3 nitrogen and oxygen atoms in total. The zero-order chi connectivity index (χ0) is 11.7. The quantitative estimate of drug-likeness (QED) is 0.883. The summed E-state index contributed by atoms with van der Waals surface area (Å²) in [6, 6.07) is 7.82. The second kappa shape index (κ2) is 4.51. The second-order valence-electron chi connectivity index (χ2n) is 4.33. The van der Waals surface area contributed by atoms with Crippen molar-refractivity contribution in [1.82, 2.24) is 9.99 Å². The molecule has 0 saturated carbocycles. The Morgan fingerprint density at radius 2 is 2.00 bits per heavy atom. The predicted octanol–water partition coefficient (Wildman–Crippen LogP) is 3.31. The fourth-order valence-electron chi connectivity index (χ4n) is 2.22. The summed E-state index contributed by atoms with van der Waals surface area (Å²) in [4.78, 5) is 4.33. The lowest BCUT2D eigenvalue weighted by Gasteiger charge is -2.18. The van der Waals surface area contributed by atoms with Crippen LogP contribution in [-0.4, -0.2) is 23.1 Å². The number of halogens is 1. The highest BCUT2D eigenvalue weighted by molar-refractivity contribution is 6.31. The van der Waals surface area contributed by atoms with Crippen molar-refractivity contribution in [2.75, 3.05) is 18.5 Å². The van der Waals surface area contributed by atoms with Gasteiger partial charge in [0.05, 0.1) is 11.2 Å². The third-order valence-electron chi connectivity index (χ3n) is 3.09. The van der Waals surface area contributed by atoms with Crippen molar-refractivity contribution in [2.45, 2.75) is 12.8 Å². The molecule has 2 heterocycles. The first-order valence-corrected chi connectivity index (χ1v) is 6.26. The number of hydrazine groups is 1. The van der Waals surface area contributed by atoms with Crippen LogP contribution < -0.4 is 5.43 Å². The number of pyridine rings is 1. The van der Waals surface area contributed by atoms with Gasteiger partial charge in [0.1, 0.15) is 0 Å². The minimum atomic E-state index is 0.725. The van der Waals surface area contributed by atoms with Crippen LogP contribution in [0.15, 0.2) is 30.5 Å². The molecule has 2 aromatic rings. The van der Waals surface area contributed by atoms with Crippen LogP contribution in [-0.2, 0) is 0 Å². The van der Waals surface area contributed by atoms with Gasteiger partial charge >= 0.3 is 0 Å². The lowest BCUT2D eigenvalue weighted by atomic mass is 10.2. The SMILES string of the molecule is Clc1ccc2c(NN3CCCC3)ccnc2c1. The van der Waals surface area contributed by atoms with Crippen LogP contribution in [0.4, 0.5) is 5.69 Å². The summed E-state index contributed by atoms with van der Waals surface area (Å²) in [5.41, 5.74) is 5.49. The molecule has 1 aliphatic heterocycles. The smallest absolute Gasteiger partial charge is 0.0738 e. The van der Waals surface area contributed by atoms with Crippen molar-refractivity contribution < 1.29 is 0 Å². The van der Waals surface area contributed by atoms with Gasteiger partial charge in [-0.3, -0.25) is 4.98 Å². The second-order valence-corrected chi connectivity index (χ2v) is 4.76. The first-order valence-electron chi connectivity index (χ1n) is 5.89. The molecule has 1 aromatic carbocycles. The minimum Gasteiger partial charge on any atom is -0.318 e. The molecule has 0 aliphatic carbocycles. The van der Waals surface area contributed by atoms with Crippen molar-refractivity contribution in [3.63, 3.8) is 0 Å². The third kappa shape index (κ3) is 2.21. The van der Waals surface area contributed by atoms with Gasteiger partial charge in [-0.15, -0.1) is 0 Å². The Balaban J connectivity index is 1.97. The molecule has 0 bridgehead atoms. The van der Waals surface area contributed by atoms with Crippen molar-refractivity contribution in [1.29, 1.82) is 0 Å². The minimum absolute atomic E-state index is 0.725. The van der Waals surface area contributed by atoms with Gasteiger partial charge in [0.2, 0.25) is 0 Å². The normalized spacial score (nSPS) is 16.5. The van der Waals surface area contributed by atoms with Crippen LogP contribution in [0.25, 0.3) is 10.9 Å². The van der Waals surface area contributed by atoms with Crippen LogP contribution >= 0.6 is 11.6 Å². The highest BCUT2D eigenvalue weighted by Gasteiger charge is 2.12. The molecule has 0 spiro atoms. The molecule has 0 radical (unpaired) electrons. The summed E-state index contributed by atoms with van der Waals surface area (Å²) in [7, 11) is 0. The van der Waals surface area contributed by atoms with E-state index in [1.807, 2.05) is 30.5 Å². The summed E-state index contributed by atoms with van der Waals surface area (Å²) < 4.78 is 0. The maximum absolute atomic E-state index is 5.97. The third-order valence-corrected chi connectivity index (χ3v) is 3.32. The largest absolute Gasteiger partial charge is 0.318 e. The van der Waals surface area contributed by atoms with E-state index in [4.69, 9.17) is 11.6 Å². The number of hydrogen-bond donors (Lipinski definition) is 1. The standard InChI is InChI=1S/C13H14ClN3/c14-10-3-4-11-12(5-6-15-13(11)9-10)16-17-7-1-2-8-17/h3-6,9H,1-2,7-8H2,(H,15,16). The Labute approximate surface area is 105 Å². The molecular weight excluding hydrogens is 234 g/mol. The van der Waals surface area contributed by atoms with Crippen molar-refractivity contribution in [3.8, 4) is 0 Å². The van der Waals surface area contributed by atoms with Crippen LogP contribution in [0.1, 0.15) is 12.8 Å². The molecule has 1 aromatic heterocycles. The van der Waals surface area contributed by atoms with E-state index in [0.29, 0.717) is 0 Å². The number of benzene rings is 1.